The molecule has 0 fully saturated rings. The zero-order valence-electron chi connectivity index (χ0n) is 10.5. The molecule has 0 amide bonds. The topological polar surface area (TPSA) is 30.0 Å². The molecular weight excluding hydrogens is 210 g/mol. The highest BCUT2D eigenvalue weighted by atomic mass is 16.1. The van der Waals surface area contributed by atoms with E-state index in [0.717, 1.165) is 22.2 Å². The molecule has 2 nitrogen and oxygen atoms in total. The zero-order valence-corrected chi connectivity index (χ0v) is 10.5. The van der Waals surface area contributed by atoms with E-state index in [1.54, 1.807) is 0 Å². The van der Waals surface area contributed by atoms with Crippen LogP contribution >= 0.6 is 0 Å². The third kappa shape index (κ3) is 2.52. The van der Waals surface area contributed by atoms with Crippen LogP contribution in [0.25, 0.3) is 10.9 Å². The summed E-state index contributed by atoms with van der Waals surface area (Å²) in [5, 5.41) is 0.962. The number of rotatable bonds is 3. The Bertz CT molecular complexity index is 558. The van der Waals surface area contributed by atoms with Crippen molar-refractivity contribution in [2.45, 2.75) is 27.2 Å². The molecule has 17 heavy (non-hydrogen) atoms. The molecule has 88 valence electrons. The monoisotopic (exact) mass is 227 g/mol. The quantitative estimate of drug-likeness (QED) is 0.747. The van der Waals surface area contributed by atoms with Gasteiger partial charge in [-0.05, 0) is 25.0 Å². The number of fused-ring (bicyclic) bond motifs is 1. The highest BCUT2D eigenvalue weighted by Crippen LogP contribution is 2.20. The van der Waals surface area contributed by atoms with Crippen molar-refractivity contribution in [3.63, 3.8) is 0 Å². The molecule has 0 spiro atoms. The molecule has 2 heteroatoms. The summed E-state index contributed by atoms with van der Waals surface area (Å²) in [7, 11) is 0. The lowest BCUT2D eigenvalue weighted by molar-refractivity contribution is 0.0969. The number of carbonyl (C=O) groups excluding carboxylic acids is 1. The summed E-state index contributed by atoms with van der Waals surface area (Å²) in [5.74, 6) is 0.594. The Morgan fingerprint density at radius 2 is 2.00 bits per heavy atom. The van der Waals surface area contributed by atoms with Gasteiger partial charge in [0.25, 0.3) is 0 Å². The van der Waals surface area contributed by atoms with E-state index in [-0.39, 0.29) is 5.78 Å². The van der Waals surface area contributed by atoms with Crippen LogP contribution in [0.5, 0.6) is 0 Å². The number of nitrogens with zero attached hydrogens (tertiary/aromatic N) is 1. The Labute approximate surface area is 102 Å². The third-order valence-electron chi connectivity index (χ3n) is 2.74. The Morgan fingerprint density at radius 1 is 1.29 bits per heavy atom. The molecule has 1 heterocycles. The summed E-state index contributed by atoms with van der Waals surface area (Å²) >= 11 is 0. The minimum absolute atomic E-state index is 0.210. The smallest absolute Gasteiger partial charge is 0.163 e. The van der Waals surface area contributed by atoms with Crippen LogP contribution in [-0.2, 0) is 0 Å². The van der Waals surface area contributed by atoms with Gasteiger partial charge in [-0.3, -0.25) is 9.78 Å². The van der Waals surface area contributed by atoms with Gasteiger partial charge in [0.15, 0.2) is 5.78 Å². The first-order valence-electron chi connectivity index (χ1n) is 5.97. The van der Waals surface area contributed by atoms with Crippen molar-refractivity contribution in [1.29, 1.82) is 0 Å². The van der Waals surface area contributed by atoms with E-state index in [1.165, 1.54) is 0 Å². The second-order valence-electron chi connectivity index (χ2n) is 4.85. The van der Waals surface area contributed by atoms with Crippen LogP contribution in [0.15, 0.2) is 30.3 Å². The maximum atomic E-state index is 12.2. The molecule has 2 aromatic rings. The SMILES string of the molecule is Cc1cc(C(=O)CC(C)C)c2ccccc2n1. The van der Waals surface area contributed by atoms with Gasteiger partial charge in [-0.2, -0.15) is 0 Å². The normalized spacial score (nSPS) is 11.1. The largest absolute Gasteiger partial charge is 0.294 e. The van der Waals surface area contributed by atoms with Crippen LogP contribution in [0, 0.1) is 12.8 Å². The third-order valence-corrected chi connectivity index (χ3v) is 2.74. The van der Waals surface area contributed by atoms with Gasteiger partial charge >= 0.3 is 0 Å². The molecule has 0 atom stereocenters. The number of hydrogen-bond donors (Lipinski definition) is 0. The van der Waals surface area contributed by atoms with Crippen LogP contribution in [-0.4, -0.2) is 10.8 Å². The van der Waals surface area contributed by atoms with Gasteiger partial charge in [-0.1, -0.05) is 32.0 Å². The number of hydrogen-bond acceptors (Lipinski definition) is 2. The number of aryl methyl sites for hydroxylation is 1. The molecule has 1 aromatic carbocycles. The average molecular weight is 227 g/mol. The molecule has 0 bridgehead atoms. The molecule has 0 radical (unpaired) electrons. The highest BCUT2D eigenvalue weighted by Gasteiger charge is 2.12. The summed E-state index contributed by atoms with van der Waals surface area (Å²) in [6, 6.07) is 9.72. The van der Waals surface area contributed by atoms with Gasteiger partial charge in [0, 0.05) is 23.1 Å². The molecule has 0 aliphatic rings. The fourth-order valence-corrected chi connectivity index (χ4v) is 2.02. The van der Waals surface area contributed by atoms with Gasteiger partial charge in [-0.15, -0.1) is 0 Å². The number of benzene rings is 1. The second-order valence-corrected chi connectivity index (χ2v) is 4.85. The van der Waals surface area contributed by atoms with Crippen molar-refractivity contribution >= 4 is 16.7 Å². The molecule has 0 N–H and O–H groups in total. The van der Waals surface area contributed by atoms with Crippen LogP contribution in [0.2, 0.25) is 0 Å². The van der Waals surface area contributed by atoms with Crippen LogP contribution in [0.4, 0.5) is 0 Å². The lowest BCUT2D eigenvalue weighted by Crippen LogP contribution is -2.05. The van der Waals surface area contributed by atoms with E-state index in [1.807, 2.05) is 37.3 Å². The average Bonchev–Trinajstić information content (AvgIpc) is 2.26. The Kier molecular flexibility index (Phi) is 3.23. The Morgan fingerprint density at radius 3 is 2.71 bits per heavy atom. The minimum atomic E-state index is 0.210. The zero-order chi connectivity index (χ0) is 12.4. The van der Waals surface area contributed by atoms with Gasteiger partial charge in [0.2, 0.25) is 0 Å². The van der Waals surface area contributed by atoms with Gasteiger partial charge < -0.3 is 0 Å². The first-order valence-corrected chi connectivity index (χ1v) is 5.97. The predicted octanol–water partition coefficient (Wildman–Crippen LogP) is 3.77. The van der Waals surface area contributed by atoms with E-state index < -0.39 is 0 Å². The first kappa shape index (κ1) is 11.8. The molecule has 1 aromatic heterocycles. The van der Waals surface area contributed by atoms with Gasteiger partial charge in [0.05, 0.1) is 5.52 Å². The maximum Gasteiger partial charge on any atom is 0.163 e. The van der Waals surface area contributed by atoms with Crippen LogP contribution in [0.1, 0.15) is 36.3 Å². The highest BCUT2D eigenvalue weighted by molar-refractivity contribution is 6.07. The number of para-hydroxylation sites is 1. The number of carbonyl (C=O) groups is 1. The second kappa shape index (κ2) is 4.66. The van der Waals surface area contributed by atoms with Crippen molar-refractivity contribution < 1.29 is 4.79 Å². The van der Waals surface area contributed by atoms with Gasteiger partial charge in [-0.25, -0.2) is 0 Å². The number of aromatic nitrogens is 1. The van der Waals surface area contributed by atoms with Gasteiger partial charge in [0.1, 0.15) is 0 Å². The first-order chi connectivity index (χ1) is 8.08. The standard InChI is InChI=1S/C15H17NO/c1-10(2)8-15(17)13-9-11(3)16-14-7-5-4-6-12(13)14/h4-7,9-10H,8H2,1-3H3. The van der Waals surface area contributed by atoms with Crippen molar-refractivity contribution in [2.75, 3.05) is 0 Å². The number of Topliss-reactive ketones (excluding diaryl/α,β-unsaturated/α-hetero) is 1. The lowest BCUT2D eigenvalue weighted by Gasteiger charge is -2.08. The summed E-state index contributed by atoms with van der Waals surface area (Å²) < 4.78 is 0. The van der Waals surface area contributed by atoms with E-state index >= 15 is 0 Å². The lowest BCUT2D eigenvalue weighted by atomic mass is 9.98. The molecule has 0 saturated carbocycles. The van der Waals surface area contributed by atoms with Crippen molar-refractivity contribution in [3.8, 4) is 0 Å². The van der Waals surface area contributed by atoms with Crippen LogP contribution < -0.4 is 0 Å². The van der Waals surface area contributed by atoms with Crippen molar-refractivity contribution in [2.24, 2.45) is 5.92 Å². The van der Waals surface area contributed by atoms with E-state index in [0.29, 0.717) is 12.3 Å². The minimum Gasteiger partial charge on any atom is -0.294 e. The summed E-state index contributed by atoms with van der Waals surface area (Å²) in [4.78, 5) is 16.6. The summed E-state index contributed by atoms with van der Waals surface area (Å²) in [6.07, 6.45) is 0.591. The molecular formula is C15H17NO. The van der Waals surface area contributed by atoms with Crippen LogP contribution in [0.3, 0.4) is 0 Å². The fraction of sp³-hybridized carbons (Fsp3) is 0.333. The van der Waals surface area contributed by atoms with E-state index in [2.05, 4.69) is 18.8 Å². The molecule has 0 aliphatic carbocycles. The Balaban J connectivity index is 2.56. The summed E-state index contributed by atoms with van der Waals surface area (Å²) in [6.45, 7) is 6.06. The fourth-order valence-electron chi connectivity index (χ4n) is 2.02. The molecule has 0 unspecified atom stereocenters. The number of ketones is 1. The predicted molar refractivity (Wildman–Crippen MR) is 70.3 cm³/mol. The molecule has 0 aliphatic heterocycles. The molecule has 2 rings (SSSR count). The van der Waals surface area contributed by atoms with E-state index in [9.17, 15) is 4.79 Å². The Hall–Kier alpha value is -1.70. The maximum absolute atomic E-state index is 12.2. The van der Waals surface area contributed by atoms with Crippen molar-refractivity contribution in [1.82, 2.24) is 4.98 Å². The number of pyridine rings is 1. The van der Waals surface area contributed by atoms with E-state index in [4.69, 9.17) is 0 Å². The summed E-state index contributed by atoms with van der Waals surface area (Å²) in [5.41, 5.74) is 2.61. The van der Waals surface area contributed by atoms with Crippen molar-refractivity contribution in [3.05, 3.63) is 41.6 Å². The molecule has 0 saturated heterocycles.